The van der Waals surface area contributed by atoms with E-state index in [1.54, 1.807) is 0 Å². The molecule has 0 saturated carbocycles. The Morgan fingerprint density at radius 2 is 1.86 bits per heavy atom. The smallest absolute Gasteiger partial charge is 0.276 e. The molecule has 156 valence electrons. The molecule has 0 N–H and O–H groups in total. The summed E-state index contributed by atoms with van der Waals surface area (Å²) in [6.45, 7) is 10.8. The lowest BCUT2D eigenvalue weighted by atomic mass is 10.0. The fraction of sp³-hybridized carbons (Fsp3) is 0.565. The highest BCUT2D eigenvalue weighted by Gasteiger charge is 2.27. The van der Waals surface area contributed by atoms with Crippen molar-refractivity contribution in [3.05, 3.63) is 53.2 Å². The highest BCUT2D eigenvalue weighted by atomic mass is 16.3. The van der Waals surface area contributed by atoms with Crippen LogP contribution in [-0.2, 0) is 13.1 Å². The zero-order valence-electron chi connectivity index (χ0n) is 17.6. The Morgan fingerprint density at radius 3 is 2.59 bits per heavy atom. The fourth-order valence-corrected chi connectivity index (χ4v) is 4.39. The fourth-order valence-electron chi connectivity index (χ4n) is 4.39. The number of likely N-dealkylation sites (tertiary alicyclic amines) is 1. The van der Waals surface area contributed by atoms with Crippen LogP contribution in [0.15, 0.2) is 34.9 Å². The van der Waals surface area contributed by atoms with E-state index < -0.39 is 0 Å². The molecule has 1 aromatic heterocycles. The average molecular weight is 397 g/mol. The van der Waals surface area contributed by atoms with Crippen LogP contribution in [0.4, 0.5) is 0 Å². The van der Waals surface area contributed by atoms with Gasteiger partial charge in [0.1, 0.15) is 6.26 Å². The van der Waals surface area contributed by atoms with Crippen LogP contribution in [0.25, 0.3) is 0 Å². The zero-order chi connectivity index (χ0) is 20.2. The molecule has 0 bridgehead atoms. The van der Waals surface area contributed by atoms with Crippen molar-refractivity contribution in [2.75, 3.05) is 32.7 Å². The maximum atomic E-state index is 12.7. The molecule has 1 unspecified atom stereocenters. The van der Waals surface area contributed by atoms with Crippen LogP contribution in [0, 0.1) is 6.92 Å². The van der Waals surface area contributed by atoms with Crippen molar-refractivity contribution in [2.24, 2.45) is 0 Å². The Morgan fingerprint density at radius 1 is 1.10 bits per heavy atom. The predicted octanol–water partition coefficient (Wildman–Crippen LogP) is 3.32. The normalized spacial score (nSPS) is 21.4. The van der Waals surface area contributed by atoms with Gasteiger partial charge in [-0.25, -0.2) is 4.98 Å². The second-order valence-corrected chi connectivity index (χ2v) is 8.51. The Hall–Kier alpha value is -2.18. The number of oxazole rings is 1. The van der Waals surface area contributed by atoms with Gasteiger partial charge in [0, 0.05) is 45.3 Å². The molecule has 2 fully saturated rings. The van der Waals surface area contributed by atoms with Crippen LogP contribution in [0.5, 0.6) is 0 Å². The lowest BCUT2D eigenvalue weighted by Crippen LogP contribution is -2.45. The number of piperazine rings is 1. The van der Waals surface area contributed by atoms with Gasteiger partial charge in [0.2, 0.25) is 5.89 Å². The van der Waals surface area contributed by atoms with Gasteiger partial charge in [-0.15, -0.1) is 0 Å². The number of amides is 1. The van der Waals surface area contributed by atoms with Crippen molar-refractivity contribution in [2.45, 2.75) is 52.2 Å². The molecule has 1 atom stereocenters. The van der Waals surface area contributed by atoms with Gasteiger partial charge in [0.05, 0.1) is 6.54 Å². The Kier molecular flexibility index (Phi) is 6.31. The van der Waals surface area contributed by atoms with Crippen LogP contribution < -0.4 is 0 Å². The summed E-state index contributed by atoms with van der Waals surface area (Å²) in [5, 5.41) is 0. The van der Waals surface area contributed by atoms with Gasteiger partial charge in [-0.1, -0.05) is 29.8 Å². The van der Waals surface area contributed by atoms with E-state index in [0.717, 1.165) is 52.1 Å². The molecular weight excluding hydrogens is 364 g/mol. The first kappa shape index (κ1) is 20.1. The molecule has 4 rings (SSSR count). The third kappa shape index (κ3) is 5.06. The summed E-state index contributed by atoms with van der Waals surface area (Å²) in [4.78, 5) is 24.0. The molecule has 0 radical (unpaired) electrons. The summed E-state index contributed by atoms with van der Waals surface area (Å²) < 4.78 is 5.64. The zero-order valence-corrected chi connectivity index (χ0v) is 17.6. The number of hydrogen-bond donors (Lipinski definition) is 0. The summed E-state index contributed by atoms with van der Waals surface area (Å²) in [6.07, 6.45) is 4.88. The van der Waals surface area contributed by atoms with Crippen LogP contribution in [0.1, 0.15) is 53.7 Å². The van der Waals surface area contributed by atoms with Crippen molar-refractivity contribution >= 4 is 5.91 Å². The van der Waals surface area contributed by atoms with Crippen LogP contribution in [0.3, 0.4) is 0 Å². The summed E-state index contributed by atoms with van der Waals surface area (Å²) in [5.41, 5.74) is 3.14. The van der Waals surface area contributed by atoms with E-state index in [0.29, 0.717) is 18.1 Å². The Labute approximate surface area is 173 Å². The molecule has 6 heteroatoms. The van der Waals surface area contributed by atoms with E-state index >= 15 is 0 Å². The minimum atomic E-state index is 0.00942. The number of aromatic nitrogens is 1. The molecule has 2 aromatic rings. The van der Waals surface area contributed by atoms with E-state index in [4.69, 9.17) is 4.42 Å². The number of carbonyl (C=O) groups excluding carboxylic acids is 1. The van der Waals surface area contributed by atoms with Crippen LogP contribution in [-0.4, -0.2) is 64.4 Å². The summed E-state index contributed by atoms with van der Waals surface area (Å²) in [7, 11) is 0. The number of aryl methyl sites for hydroxylation is 1. The van der Waals surface area contributed by atoms with Crippen molar-refractivity contribution in [1.29, 1.82) is 0 Å². The van der Waals surface area contributed by atoms with Gasteiger partial charge in [-0.2, -0.15) is 0 Å². The van der Waals surface area contributed by atoms with Crippen molar-refractivity contribution in [3.8, 4) is 0 Å². The maximum Gasteiger partial charge on any atom is 0.276 e. The molecule has 0 spiro atoms. The molecule has 2 saturated heterocycles. The maximum absolute atomic E-state index is 12.7. The first-order chi connectivity index (χ1) is 14.1. The van der Waals surface area contributed by atoms with E-state index in [1.165, 1.54) is 23.8 Å². The monoisotopic (exact) mass is 396 g/mol. The number of benzene rings is 1. The third-order valence-electron chi connectivity index (χ3n) is 6.15. The quantitative estimate of drug-likeness (QED) is 0.776. The van der Waals surface area contributed by atoms with Crippen LogP contribution in [0.2, 0.25) is 0 Å². The Balaban J connectivity index is 1.27. The predicted molar refractivity (Wildman–Crippen MR) is 113 cm³/mol. The number of hydrogen-bond acceptors (Lipinski definition) is 5. The second kappa shape index (κ2) is 9.09. The van der Waals surface area contributed by atoms with Crippen molar-refractivity contribution in [3.63, 3.8) is 0 Å². The molecule has 2 aliphatic rings. The van der Waals surface area contributed by atoms with Crippen molar-refractivity contribution in [1.82, 2.24) is 19.7 Å². The SMILES string of the molecule is Cc1cccc(CN2CCN(Cc3nc(C(=O)N4CCCCC4C)co3)CC2)c1. The first-order valence-corrected chi connectivity index (χ1v) is 10.8. The first-order valence-electron chi connectivity index (χ1n) is 10.8. The molecule has 2 aliphatic heterocycles. The molecular formula is C23H32N4O2. The van der Waals surface area contributed by atoms with Crippen LogP contribution >= 0.6 is 0 Å². The minimum absolute atomic E-state index is 0.00942. The van der Waals surface area contributed by atoms with Gasteiger partial charge in [-0.3, -0.25) is 14.6 Å². The lowest BCUT2D eigenvalue weighted by Gasteiger charge is -2.34. The number of piperidine rings is 1. The highest BCUT2D eigenvalue weighted by Crippen LogP contribution is 2.19. The number of nitrogens with zero attached hydrogens (tertiary/aromatic N) is 4. The van der Waals surface area contributed by atoms with E-state index in [9.17, 15) is 4.79 Å². The summed E-state index contributed by atoms with van der Waals surface area (Å²) in [5.74, 6) is 0.653. The van der Waals surface area contributed by atoms with Crippen molar-refractivity contribution < 1.29 is 9.21 Å². The summed E-state index contributed by atoms with van der Waals surface area (Å²) >= 11 is 0. The molecule has 29 heavy (non-hydrogen) atoms. The van der Waals surface area contributed by atoms with E-state index in [1.807, 2.05) is 4.90 Å². The Bertz CT molecular complexity index is 826. The van der Waals surface area contributed by atoms with Gasteiger partial charge in [0.25, 0.3) is 5.91 Å². The molecule has 1 aromatic carbocycles. The largest absolute Gasteiger partial charge is 0.447 e. The minimum Gasteiger partial charge on any atom is -0.447 e. The molecule has 1 amide bonds. The topological polar surface area (TPSA) is 52.8 Å². The van der Waals surface area contributed by atoms with E-state index in [2.05, 4.69) is 52.9 Å². The molecule has 0 aliphatic carbocycles. The van der Waals surface area contributed by atoms with E-state index in [-0.39, 0.29) is 11.9 Å². The average Bonchev–Trinajstić information content (AvgIpc) is 3.18. The number of rotatable bonds is 5. The van der Waals surface area contributed by atoms with Gasteiger partial charge >= 0.3 is 0 Å². The number of carbonyl (C=O) groups is 1. The molecule has 3 heterocycles. The molecule has 6 nitrogen and oxygen atoms in total. The third-order valence-corrected chi connectivity index (χ3v) is 6.15. The summed E-state index contributed by atoms with van der Waals surface area (Å²) in [6, 6.07) is 9.03. The van der Waals surface area contributed by atoms with Gasteiger partial charge < -0.3 is 9.32 Å². The highest BCUT2D eigenvalue weighted by molar-refractivity contribution is 5.92. The van der Waals surface area contributed by atoms with Gasteiger partial charge in [-0.05, 0) is 38.7 Å². The standard InChI is InChI=1S/C23H32N4O2/c1-18-6-5-8-20(14-18)15-25-10-12-26(13-11-25)16-22-24-21(17-29-22)23(28)27-9-4-3-7-19(27)2/h5-6,8,14,17,19H,3-4,7,9-13,15-16H2,1-2H3. The van der Waals surface area contributed by atoms with Gasteiger partial charge in [0.15, 0.2) is 5.69 Å². The lowest BCUT2D eigenvalue weighted by molar-refractivity contribution is 0.0629. The second-order valence-electron chi connectivity index (χ2n) is 8.51.